The highest BCUT2D eigenvalue weighted by Gasteiger charge is 2.11. The first kappa shape index (κ1) is 18.6. The fourth-order valence-electron chi connectivity index (χ4n) is 2.55. The molecule has 0 aliphatic carbocycles. The highest BCUT2D eigenvalue weighted by atomic mass is 32.2. The van der Waals surface area contributed by atoms with E-state index in [1.165, 1.54) is 42.7 Å². The van der Waals surface area contributed by atoms with Crippen molar-refractivity contribution < 1.29 is 13.4 Å². The third-order valence-electron chi connectivity index (χ3n) is 4.05. The van der Waals surface area contributed by atoms with Crippen LogP contribution in [0.1, 0.15) is 10.4 Å². The number of nitrogens with two attached hydrogens (primary N) is 1. The topological polar surface area (TPSA) is 96.0 Å². The Labute approximate surface area is 157 Å². The lowest BCUT2D eigenvalue weighted by Gasteiger charge is -2.11. The number of hydrogen-bond acceptors (Lipinski definition) is 4. The molecule has 0 heterocycles. The van der Waals surface area contributed by atoms with E-state index in [0.717, 1.165) is 11.1 Å². The Morgan fingerprint density at radius 3 is 2.19 bits per heavy atom. The molecule has 138 valence electrons. The second-order valence-corrected chi connectivity index (χ2v) is 8.29. The number of carbonyl (C=O) groups is 1. The van der Waals surface area contributed by atoms with Gasteiger partial charge >= 0.3 is 0 Å². The molecule has 1 atom stereocenters. The highest BCUT2D eigenvalue weighted by molar-refractivity contribution is 7.91. The SMILES string of the molecule is CS(=N)(=O)c1ccc(C(=O)Nc2cc(-c3ccc(F)cc3)ccc2N)cc1. The van der Waals surface area contributed by atoms with Crippen LogP contribution in [0.3, 0.4) is 0 Å². The Hall–Kier alpha value is -3.19. The van der Waals surface area contributed by atoms with Gasteiger partial charge in [0.1, 0.15) is 5.82 Å². The minimum atomic E-state index is -2.83. The average molecular weight is 383 g/mol. The van der Waals surface area contributed by atoms with Gasteiger partial charge in [0.15, 0.2) is 0 Å². The van der Waals surface area contributed by atoms with Crippen molar-refractivity contribution in [3.05, 3.63) is 78.1 Å². The number of carbonyl (C=O) groups excluding carboxylic acids is 1. The zero-order chi connectivity index (χ0) is 19.6. The molecule has 0 saturated heterocycles. The molecule has 0 radical (unpaired) electrons. The van der Waals surface area contributed by atoms with E-state index < -0.39 is 9.73 Å². The number of amides is 1. The third-order valence-corrected chi connectivity index (χ3v) is 5.22. The average Bonchev–Trinajstić information content (AvgIpc) is 2.63. The van der Waals surface area contributed by atoms with Crippen LogP contribution in [0.4, 0.5) is 15.8 Å². The monoisotopic (exact) mass is 383 g/mol. The van der Waals surface area contributed by atoms with E-state index in [0.29, 0.717) is 21.8 Å². The van der Waals surface area contributed by atoms with E-state index in [9.17, 15) is 13.4 Å². The van der Waals surface area contributed by atoms with Gasteiger partial charge in [-0.1, -0.05) is 18.2 Å². The molecule has 0 bridgehead atoms. The maximum absolute atomic E-state index is 13.1. The van der Waals surface area contributed by atoms with Crippen LogP contribution in [-0.2, 0) is 9.73 Å². The van der Waals surface area contributed by atoms with Crippen LogP contribution in [-0.4, -0.2) is 16.4 Å². The number of halogens is 1. The lowest BCUT2D eigenvalue weighted by molar-refractivity contribution is 0.102. The molecule has 0 spiro atoms. The molecule has 0 aliphatic heterocycles. The molecule has 4 N–H and O–H groups in total. The fraction of sp³-hybridized carbons (Fsp3) is 0.0500. The van der Waals surface area contributed by atoms with E-state index in [1.807, 2.05) is 0 Å². The van der Waals surface area contributed by atoms with Crippen molar-refractivity contribution in [1.82, 2.24) is 0 Å². The van der Waals surface area contributed by atoms with Crippen molar-refractivity contribution in [3.63, 3.8) is 0 Å². The van der Waals surface area contributed by atoms with Crippen LogP contribution in [0, 0.1) is 10.6 Å². The van der Waals surface area contributed by atoms with Gasteiger partial charge in [-0.3, -0.25) is 4.79 Å². The number of nitrogens with one attached hydrogen (secondary N) is 2. The van der Waals surface area contributed by atoms with Crippen molar-refractivity contribution in [2.45, 2.75) is 4.90 Å². The van der Waals surface area contributed by atoms with Crippen molar-refractivity contribution >= 4 is 27.0 Å². The van der Waals surface area contributed by atoms with E-state index >= 15 is 0 Å². The summed E-state index contributed by atoms with van der Waals surface area (Å²) in [7, 11) is -2.83. The quantitative estimate of drug-likeness (QED) is 0.584. The number of nitrogen functional groups attached to an aromatic ring is 1. The molecular formula is C20H18FN3O2S. The summed E-state index contributed by atoms with van der Waals surface area (Å²) < 4.78 is 32.4. The molecule has 0 aliphatic rings. The van der Waals surface area contributed by atoms with Crippen molar-refractivity contribution in [1.29, 1.82) is 4.78 Å². The molecule has 0 aromatic heterocycles. The normalized spacial score (nSPS) is 13.0. The number of anilines is 2. The first-order chi connectivity index (χ1) is 12.7. The molecule has 3 rings (SSSR count). The predicted molar refractivity (Wildman–Crippen MR) is 106 cm³/mol. The van der Waals surface area contributed by atoms with Crippen LogP contribution >= 0.6 is 0 Å². The predicted octanol–water partition coefficient (Wildman–Crippen LogP) is 4.36. The van der Waals surface area contributed by atoms with Gasteiger partial charge < -0.3 is 11.1 Å². The first-order valence-corrected chi connectivity index (χ1v) is 10.0. The molecule has 1 amide bonds. The molecule has 1 unspecified atom stereocenters. The Morgan fingerprint density at radius 2 is 1.59 bits per heavy atom. The van der Waals surface area contributed by atoms with Crippen LogP contribution < -0.4 is 11.1 Å². The number of benzene rings is 3. The smallest absolute Gasteiger partial charge is 0.255 e. The lowest BCUT2D eigenvalue weighted by atomic mass is 10.0. The van der Waals surface area contributed by atoms with Crippen LogP contribution in [0.5, 0.6) is 0 Å². The maximum atomic E-state index is 13.1. The maximum Gasteiger partial charge on any atom is 0.255 e. The second kappa shape index (κ2) is 7.20. The summed E-state index contributed by atoms with van der Waals surface area (Å²) in [5.74, 6) is -0.702. The first-order valence-electron chi connectivity index (χ1n) is 8.05. The van der Waals surface area contributed by atoms with Crippen LogP contribution in [0.25, 0.3) is 11.1 Å². The Kier molecular flexibility index (Phi) is 4.96. The van der Waals surface area contributed by atoms with Crippen LogP contribution in [0.15, 0.2) is 71.6 Å². The highest BCUT2D eigenvalue weighted by Crippen LogP contribution is 2.28. The largest absolute Gasteiger partial charge is 0.397 e. The summed E-state index contributed by atoms with van der Waals surface area (Å²) >= 11 is 0. The van der Waals surface area contributed by atoms with Crippen molar-refractivity contribution in [2.24, 2.45) is 0 Å². The summed E-state index contributed by atoms with van der Waals surface area (Å²) in [6.45, 7) is 0. The molecule has 3 aromatic rings. The van der Waals surface area contributed by atoms with E-state index in [4.69, 9.17) is 10.5 Å². The molecular weight excluding hydrogens is 365 g/mol. The summed E-state index contributed by atoms with van der Waals surface area (Å²) in [5.41, 5.74) is 8.73. The van der Waals surface area contributed by atoms with Gasteiger partial charge in [0.05, 0.1) is 21.1 Å². The summed E-state index contributed by atoms with van der Waals surface area (Å²) in [6, 6.07) is 17.2. The van der Waals surface area contributed by atoms with Gasteiger partial charge in [-0.25, -0.2) is 13.4 Å². The summed E-state index contributed by atoms with van der Waals surface area (Å²) in [6.07, 6.45) is 1.32. The fourth-order valence-corrected chi connectivity index (χ4v) is 3.20. The Bertz CT molecular complexity index is 1090. The zero-order valence-electron chi connectivity index (χ0n) is 14.5. The second-order valence-electron chi connectivity index (χ2n) is 6.13. The molecule has 0 fully saturated rings. The molecule has 5 nitrogen and oxygen atoms in total. The third kappa shape index (κ3) is 4.32. The standard InChI is InChI=1S/C20H18FN3O2S/c1-27(23,26)17-9-4-14(5-10-17)20(25)24-19-12-15(6-11-18(19)22)13-2-7-16(21)8-3-13/h2-12,23H,22H2,1H3,(H,24,25). The van der Waals surface area contributed by atoms with Crippen molar-refractivity contribution in [2.75, 3.05) is 17.3 Å². The Morgan fingerprint density at radius 1 is 1.00 bits per heavy atom. The van der Waals surface area contributed by atoms with E-state index in [2.05, 4.69) is 5.32 Å². The minimum absolute atomic E-state index is 0.324. The number of hydrogen-bond donors (Lipinski definition) is 3. The van der Waals surface area contributed by atoms with Gasteiger partial charge in [0, 0.05) is 16.7 Å². The van der Waals surface area contributed by atoms with Gasteiger partial charge in [-0.05, 0) is 59.7 Å². The molecule has 27 heavy (non-hydrogen) atoms. The van der Waals surface area contributed by atoms with Gasteiger partial charge in [0.2, 0.25) is 0 Å². The Balaban J connectivity index is 1.85. The molecule has 7 heteroatoms. The minimum Gasteiger partial charge on any atom is -0.397 e. The number of rotatable bonds is 4. The lowest BCUT2D eigenvalue weighted by Crippen LogP contribution is -2.13. The van der Waals surface area contributed by atoms with Gasteiger partial charge in [-0.15, -0.1) is 0 Å². The summed E-state index contributed by atoms with van der Waals surface area (Å²) in [5, 5.41) is 2.75. The summed E-state index contributed by atoms with van der Waals surface area (Å²) in [4.78, 5) is 12.8. The molecule has 0 saturated carbocycles. The van der Waals surface area contributed by atoms with E-state index in [-0.39, 0.29) is 11.7 Å². The van der Waals surface area contributed by atoms with Crippen LogP contribution in [0.2, 0.25) is 0 Å². The van der Waals surface area contributed by atoms with E-state index in [1.54, 1.807) is 30.3 Å². The van der Waals surface area contributed by atoms with Crippen molar-refractivity contribution in [3.8, 4) is 11.1 Å². The van der Waals surface area contributed by atoms with Gasteiger partial charge in [-0.2, -0.15) is 0 Å². The zero-order valence-corrected chi connectivity index (χ0v) is 15.3. The molecule has 3 aromatic carbocycles. The van der Waals surface area contributed by atoms with Gasteiger partial charge in [0.25, 0.3) is 5.91 Å².